The average Bonchev–Trinajstić information content (AvgIpc) is 3.11. The number of nitrogens with zero attached hydrogens (tertiary/aromatic N) is 1. The van der Waals surface area contributed by atoms with Gasteiger partial charge in [0.2, 0.25) is 0 Å². The number of allylic oxidation sites excluding steroid dienone is 3. The van der Waals surface area contributed by atoms with Crippen LogP contribution in [-0.2, 0) is 14.4 Å². The molecule has 0 aromatic rings. The van der Waals surface area contributed by atoms with E-state index in [1.54, 1.807) is 12.3 Å². The molecule has 0 amide bonds. The molecule has 0 aromatic carbocycles. The Labute approximate surface area is 150 Å². The molecule has 0 saturated heterocycles. The molecule has 0 fully saturated rings. The van der Waals surface area contributed by atoms with E-state index in [0.717, 1.165) is 32.1 Å². The Hall–Kier alpha value is -1.91. The molecule has 1 heterocycles. The summed E-state index contributed by atoms with van der Waals surface area (Å²) in [5, 5.41) is 12.4. The third kappa shape index (κ3) is 10.5. The van der Waals surface area contributed by atoms with E-state index >= 15 is 0 Å². The van der Waals surface area contributed by atoms with Crippen molar-refractivity contribution in [3.05, 3.63) is 24.3 Å². The number of hydrogen-bond donors (Lipinski definition) is 1. The number of hydrogen-bond acceptors (Lipinski definition) is 4. The van der Waals surface area contributed by atoms with Gasteiger partial charge in [-0.1, -0.05) is 49.6 Å². The van der Waals surface area contributed by atoms with Crippen molar-refractivity contribution in [2.24, 2.45) is 11.1 Å². The van der Waals surface area contributed by atoms with Crippen molar-refractivity contribution in [1.82, 2.24) is 0 Å². The van der Waals surface area contributed by atoms with Gasteiger partial charge < -0.3 is 9.94 Å². The number of aliphatic carboxylic acids is 1. The molecule has 1 N–H and O–H groups in total. The Kier molecular flexibility index (Phi) is 11.3. The van der Waals surface area contributed by atoms with Gasteiger partial charge in [0.15, 0.2) is 5.78 Å². The van der Waals surface area contributed by atoms with E-state index in [1.165, 1.54) is 12.8 Å². The van der Waals surface area contributed by atoms with E-state index < -0.39 is 5.97 Å². The molecular formula is C20H31NO4. The third-order valence-corrected chi connectivity index (χ3v) is 4.23. The molecule has 1 aliphatic heterocycles. The Balaban J connectivity index is 2.39. The van der Waals surface area contributed by atoms with Crippen molar-refractivity contribution < 1.29 is 19.5 Å². The van der Waals surface area contributed by atoms with Gasteiger partial charge in [0.05, 0.1) is 0 Å². The van der Waals surface area contributed by atoms with Crippen LogP contribution >= 0.6 is 0 Å². The largest absolute Gasteiger partial charge is 0.481 e. The van der Waals surface area contributed by atoms with Gasteiger partial charge >= 0.3 is 5.97 Å². The van der Waals surface area contributed by atoms with Gasteiger partial charge in [-0.05, 0) is 31.8 Å². The number of carbonyl (C=O) groups is 2. The first-order valence-corrected chi connectivity index (χ1v) is 9.39. The number of carboxylic acid groups (broad SMARTS) is 1. The minimum Gasteiger partial charge on any atom is -0.481 e. The van der Waals surface area contributed by atoms with Crippen molar-refractivity contribution in [1.29, 1.82) is 0 Å². The Morgan fingerprint density at radius 1 is 1.24 bits per heavy atom. The minimum atomic E-state index is -0.761. The smallest absolute Gasteiger partial charge is 0.303 e. The Bertz CT molecular complexity index is 474. The lowest BCUT2D eigenvalue weighted by Crippen LogP contribution is -2.17. The summed E-state index contributed by atoms with van der Waals surface area (Å²) >= 11 is 0. The molecular weight excluding hydrogens is 318 g/mol. The van der Waals surface area contributed by atoms with Crippen molar-refractivity contribution in [2.75, 3.05) is 0 Å². The van der Waals surface area contributed by atoms with E-state index in [0.29, 0.717) is 12.8 Å². The number of unbranched alkanes of at least 4 members (excludes halogenated alkanes) is 4. The maximum atomic E-state index is 12.0. The van der Waals surface area contributed by atoms with Crippen LogP contribution in [0.2, 0.25) is 0 Å². The van der Waals surface area contributed by atoms with Crippen LogP contribution < -0.4 is 0 Å². The average molecular weight is 349 g/mol. The first kappa shape index (κ1) is 21.1. The summed E-state index contributed by atoms with van der Waals surface area (Å²) in [6, 6.07) is 0. The first-order valence-electron chi connectivity index (χ1n) is 9.39. The lowest BCUT2D eigenvalue weighted by molar-refractivity contribution is -0.137. The molecule has 140 valence electrons. The minimum absolute atomic E-state index is 0.0205. The van der Waals surface area contributed by atoms with Crippen LogP contribution in [0.1, 0.15) is 71.1 Å². The van der Waals surface area contributed by atoms with Crippen molar-refractivity contribution in [3.8, 4) is 0 Å². The fourth-order valence-corrected chi connectivity index (χ4v) is 2.70. The van der Waals surface area contributed by atoms with Crippen LogP contribution in [0.25, 0.3) is 0 Å². The fourth-order valence-electron chi connectivity index (χ4n) is 2.70. The topological polar surface area (TPSA) is 76.0 Å². The van der Waals surface area contributed by atoms with E-state index in [4.69, 9.17) is 9.94 Å². The van der Waals surface area contributed by atoms with E-state index in [-0.39, 0.29) is 24.2 Å². The second-order valence-electron chi connectivity index (χ2n) is 6.46. The maximum Gasteiger partial charge on any atom is 0.303 e. The molecule has 5 nitrogen and oxygen atoms in total. The molecule has 1 rings (SSSR count). The number of oxime groups is 1. The van der Waals surface area contributed by atoms with Gasteiger partial charge in [-0.2, -0.15) is 0 Å². The SMILES string of the molecule is CCCCCCC(=O)/C=C/C(C/C=C\CCCC(=O)O)C1CC=NO1. The summed E-state index contributed by atoms with van der Waals surface area (Å²) in [4.78, 5) is 27.8. The fraction of sp³-hybridized carbons (Fsp3) is 0.650. The Morgan fingerprint density at radius 3 is 2.76 bits per heavy atom. The predicted octanol–water partition coefficient (Wildman–Crippen LogP) is 4.67. The monoisotopic (exact) mass is 349 g/mol. The maximum absolute atomic E-state index is 12.0. The van der Waals surface area contributed by atoms with E-state index in [1.807, 2.05) is 18.2 Å². The predicted molar refractivity (Wildman–Crippen MR) is 99.6 cm³/mol. The highest BCUT2D eigenvalue weighted by Gasteiger charge is 2.22. The van der Waals surface area contributed by atoms with E-state index in [2.05, 4.69) is 12.1 Å². The molecule has 2 unspecified atom stereocenters. The highest BCUT2D eigenvalue weighted by molar-refractivity contribution is 5.89. The molecule has 0 saturated carbocycles. The number of carbonyl (C=O) groups excluding carboxylic acids is 1. The third-order valence-electron chi connectivity index (χ3n) is 4.23. The van der Waals surface area contributed by atoms with Crippen LogP contribution in [0.15, 0.2) is 29.5 Å². The Morgan fingerprint density at radius 2 is 2.08 bits per heavy atom. The molecule has 0 bridgehead atoms. The van der Waals surface area contributed by atoms with Crippen molar-refractivity contribution in [2.45, 2.75) is 77.2 Å². The van der Waals surface area contributed by atoms with Gasteiger partial charge in [0, 0.05) is 31.4 Å². The summed E-state index contributed by atoms with van der Waals surface area (Å²) in [6.07, 6.45) is 17.6. The molecule has 0 spiro atoms. The second-order valence-corrected chi connectivity index (χ2v) is 6.46. The zero-order chi connectivity index (χ0) is 18.3. The summed E-state index contributed by atoms with van der Waals surface area (Å²) in [6.45, 7) is 2.16. The van der Waals surface area contributed by atoms with Crippen LogP contribution in [0, 0.1) is 5.92 Å². The summed E-state index contributed by atoms with van der Waals surface area (Å²) in [5.41, 5.74) is 0. The van der Waals surface area contributed by atoms with Crippen LogP contribution in [0.3, 0.4) is 0 Å². The first-order chi connectivity index (χ1) is 12.1. The quantitative estimate of drug-likeness (QED) is 0.281. The number of carboxylic acids is 1. The number of ketones is 1. The lowest BCUT2D eigenvalue weighted by Gasteiger charge is -2.16. The standard InChI is InChI=1S/C20H31NO4/c1-2-3-4-8-11-18(22)14-13-17(19-15-16-21-25-19)10-7-5-6-9-12-20(23)24/h5,7,13-14,16-17,19H,2-4,6,8-12,15H2,1H3,(H,23,24)/b7-5-,14-13+. The summed E-state index contributed by atoms with van der Waals surface area (Å²) in [5.74, 6) is -0.480. The van der Waals surface area contributed by atoms with Gasteiger partial charge in [-0.25, -0.2) is 0 Å². The van der Waals surface area contributed by atoms with Crippen LogP contribution in [0.4, 0.5) is 0 Å². The zero-order valence-corrected chi connectivity index (χ0v) is 15.2. The van der Waals surface area contributed by atoms with Gasteiger partial charge in [-0.15, -0.1) is 0 Å². The highest BCUT2D eigenvalue weighted by atomic mass is 16.6. The van der Waals surface area contributed by atoms with Crippen LogP contribution in [0.5, 0.6) is 0 Å². The van der Waals surface area contributed by atoms with Gasteiger partial charge in [-0.3, -0.25) is 9.59 Å². The summed E-state index contributed by atoms with van der Waals surface area (Å²) < 4.78 is 0. The molecule has 5 heteroatoms. The molecule has 1 aliphatic rings. The highest BCUT2D eigenvalue weighted by Crippen LogP contribution is 2.21. The molecule has 0 aromatic heterocycles. The second kappa shape index (κ2) is 13.4. The lowest BCUT2D eigenvalue weighted by atomic mass is 9.95. The number of rotatable bonds is 14. The zero-order valence-electron chi connectivity index (χ0n) is 15.2. The normalized spacial score (nSPS) is 18.0. The van der Waals surface area contributed by atoms with E-state index in [9.17, 15) is 9.59 Å². The van der Waals surface area contributed by atoms with Crippen molar-refractivity contribution >= 4 is 18.0 Å². The summed E-state index contributed by atoms with van der Waals surface area (Å²) in [7, 11) is 0. The van der Waals surface area contributed by atoms with Gasteiger partial charge in [0.1, 0.15) is 6.10 Å². The van der Waals surface area contributed by atoms with Gasteiger partial charge in [0.25, 0.3) is 0 Å². The molecule has 2 atom stereocenters. The van der Waals surface area contributed by atoms with Crippen molar-refractivity contribution in [3.63, 3.8) is 0 Å². The molecule has 25 heavy (non-hydrogen) atoms. The van der Waals surface area contributed by atoms with Crippen LogP contribution in [-0.4, -0.2) is 29.2 Å². The molecule has 0 aliphatic carbocycles. The molecule has 0 radical (unpaired) electrons.